The third-order valence-corrected chi connectivity index (χ3v) is 3.60. The number of rotatable bonds is 5. The lowest BCUT2D eigenvalue weighted by molar-refractivity contribution is -0.118. The largest absolute Gasteiger partial charge is 0.324 e. The van der Waals surface area contributed by atoms with Crippen LogP contribution in [0.5, 0.6) is 0 Å². The minimum absolute atomic E-state index is 0.0217. The molecule has 0 aliphatic carbocycles. The number of carbonyl (C=O) groups is 1. The van der Waals surface area contributed by atoms with E-state index in [0.717, 1.165) is 6.42 Å². The van der Waals surface area contributed by atoms with E-state index in [9.17, 15) is 4.79 Å². The summed E-state index contributed by atoms with van der Waals surface area (Å²) in [5.74, 6) is -0.105. The lowest BCUT2D eigenvalue weighted by Crippen LogP contribution is -2.44. The molecule has 0 fully saturated rings. The van der Waals surface area contributed by atoms with Gasteiger partial charge in [0.15, 0.2) is 0 Å². The molecule has 0 aromatic heterocycles. The number of nitrogens with one attached hydrogen (secondary N) is 1. The predicted molar refractivity (Wildman–Crippen MR) is 76.8 cm³/mol. The first-order chi connectivity index (χ1) is 8.90. The summed E-state index contributed by atoms with van der Waals surface area (Å²) in [5, 5.41) is 11.8. The van der Waals surface area contributed by atoms with Gasteiger partial charge in [0.1, 0.15) is 6.07 Å². The first kappa shape index (κ1) is 15.2. The predicted octanol–water partition coefficient (Wildman–Crippen LogP) is 2.62. The summed E-state index contributed by atoms with van der Waals surface area (Å²) in [6, 6.07) is 9.07. The molecule has 1 amide bonds. The highest BCUT2D eigenvalue weighted by Gasteiger charge is 2.23. The van der Waals surface area contributed by atoms with Gasteiger partial charge >= 0.3 is 0 Å². The van der Waals surface area contributed by atoms with Crippen molar-refractivity contribution in [3.05, 3.63) is 29.8 Å². The van der Waals surface area contributed by atoms with Gasteiger partial charge in [-0.2, -0.15) is 5.26 Å². The second-order valence-corrected chi connectivity index (χ2v) is 5.23. The molecular formula is C15H21N3O. The van der Waals surface area contributed by atoms with Crippen LogP contribution in [0.2, 0.25) is 0 Å². The third kappa shape index (κ3) is 4.08. The summed E-state index contributed by atoms with van der Waals surface area (Å²) in [4.78, 5) is 14.0. The molecule has 1 aromatic rings. The Morgan fingerprint density at radius 1 is 1.42 bits per heavy atom. The SMILES string of the molecule is CCC(C)(C)N(C)CC(=O)Nc1ccccc1C#N. The molecule has 0 bridgehead atoms. The van der Waals surface area contributed by atoms with Gasteiger partial charge in [-0.3, -0.25) is 9.69 Å². The average molecular weight is 259 g/mol. The van der Waals surface area contributed by atoms with Gasteiger partial charge in [0.2, 0.25) is 5.91 Å². The van der Waals surface area contributed by atoms with Crippen molar-refractivity contribution < 1.29 is 4.79 Å². The Morgan fingerprint density at radius 3 is 2.63 bits per heavy atom. The molecule has 0 unspecified atom stereocenters. The van der Waals surface area contributed by atoms with Gasteiger partial charge in [-0.15, -0.1) is 0 Å². The number of hydrogen-bond donors (Lipinski definition) is 1. The zero-order chi connectivity index (χ0) is 14.5. The number of anilines is 1. The number of para-hydroxylation sites is 1. The summed E-state index contributed by atoms with van der Waals surface area (Å²) in [6.07, 6.45) is 0.964. The Balaban J connectivity index is 2.69. The van der Waals surface area contributed by atoms with Crippen LogP contribution >= 0.6 is 0 Å². The molecule has 1 rings (SSSR count). The topological polar surface area (TPSA) is 56.1 Å². The van der Waals surface area contributed by atoms with E-state index in [4.69, 9.17) is 5.26 Å². The van der Waals surface area contributed by atoms with E-state index in [2.05, 4.69) is 32.2 Å². The van der Waals surface area contributed by atoms with Crippen molar-refractivity contribution in [3.8, 4) is 6.07 Å². The highest BCUT2D eigenvalue weighted by Crippen LogP contribution is 2.17. The zero-order valence-electron chi connectivity index (χ0n) is 12.0. The first-order valence-corrected chi connectivity index (χ1v) is 6.41. The summed E-state index contributed by atoms with van der Waals surface area (Å²) in [7, 11) is 1.93. The molecule has 0 spiro atoms. The average Bonchev–Trinajstić information content (AvgIpc) is 2.39. The Labute approximate surface area is 115 Å². The van der Waals surface area contributed by atoms with Gasteiger partial charge in [0.05, 0.1) is 17.8 Å². The standard InChI is InChI=1S/C15H21N3O/c1-5-15(2,3)18(4)11-14(19)17-13-9-7-6-8-12(13)10-16/h6-9H,5,11H2,1-4H3,(H,17,19). The molecule has 0 radical (unpaired) electrons. The summed E-state index contributed by atoms with van der Waals surface area (Å²) in [5.41, 5.74) is 1.03. The van der Waals surface area contributed by atoms with Gasteiger partial charge in [-0.05, 0) is 39.4 Å². The molecule has 1 N–H and O–H groups in total. The minimum Gasteiger partial charge on any atom is -0.324 e. The first-order valence-electron chi connectivity index (χ1n) is 6.41. The van der Waals surface area contributed by atoms with Crippen molar-refractivity contribution in [3.63, 3.8) is 0 Å². The van der Waals surface area contributed by atoms with Crippen molar-refractivity contribution in [2.24, 2.45) is 0 Å². The lowest BCUT2D eigenvalue weighted by atomic mass is 10.00. The number of nitrogens with zero attached hydrogens (tertiary/aromatic N) is 2. The van der Waals surface area contributed by atoms with Crippen molar-refractivity contribution in [1.29, 1.82) is 5.26 Å². The monoisotopic (exact) mass is 259 g/mol. The molecular weight excluding hydrogens is 238 g/mol. The van der Waals surface area contributed by atoms with Gasteiger partial charge in [-0.25, -0.2) is 0 Å². The Morgan fingerprint density at radius 2 is 2.05 bits per heavy atom. The summed E-state index contributed by atoms with van der Waals surface area (Å²) in [6.45, 7) is 6.60. The maximum absolute atomic E-state index is 12.0. The normalized spacial score (nSPS) is 11.2. The molecule has 0 saturated carbocycles. The van der Waals surface area contributed by atoms with E-state index in [1.165, 1.54) is 0 Å². The van der Waals surface area contributed by atoms with Crippen LogP contribution in [-0.2, 0) is 4.79 Å². The van der Waals surface area contributed by atoms with E-state index >= 15 is 0 Å². The smallest absolute Gasteiger partial charge is 0.238 e. The summed E-state index contributed by atoms with van der Waals surface area (Å²) < 4.78 is 0. The third-order valence-electron chi connectivity index (χ3n) is 3.60. The van der Waals surface area contributed by atoms with Crippen molar-refractivity contribution >= 4 is 11.6 Å². The molecule has 19 heavy (non-hydrogen) atoms. The molecule has 0 heterocycles. The minimum atomic E-state index is -0.105. The van der Waals surface area contributed by atoms with E-state index in [1.807, 2.05) is 11.9 Å². The number of amides is 1. The highest BCUT2D eigenvalue weighted by atomic mass is 16.2. The van der Waals surface area contributed by atoms with Crippen LogP contribution in [0.1, 0.15) is 32.8 Å². The van der Waals surface area contributed by atoms with Crippen molar-refractivity contribution in [1.82, 2.24) is 4.90 Å². The number of hydrogen-bond acceptors (Lipinski definition) is 3. The van der Waals surface area contributed by atoms with E-state index in [1.54, 1.807) is 24.3 Å². The fraction of sp³-hybridized carbons (Fsp3) is 0.467. The number of carbonyl (C=O) groups excluding carboxylic acids is 1. The Hall–Kier alpha value is -1.86. The fourth-order valence-electron chi connectivity index (χ4n) is 1.58. The molecule has 1 aromatic carbocycles. The second-order valence-electron chi connectivity index (χ2n) is 5.23. The Bertz CT molecular complexity index is 488. The number of nitriles is 1. The highest BCUT2D eigenvalue weighted by molar-refractivity contribution is 5.93. The van der Waals surface area contributed by atoms with E-state index < -0.39 is 0 Å². The zero-order valence-corrected chi connectivity index (χ0v) is 12.0. The van der Waals surface area contributed by atoms with Crippen LogP contribution in [0.25, 0.3) is 0 Å². The molecule has 102 valence electrons. The molecule has 4 heteroatoms. The molecule has 0 aliphatic heterocycles. The van der Waals surface area contributed by atoms with Gasteiger partial charge in [0, 0.05) is 5.54 Å². The lowest BCUT2D eigenvalue weighted by Gasteiger charge is -2.34. The summed E-state index contributed by atoms with van der Waals surface area (Å²) >= 11 is 0. The maximum atomic E-state index is 12.0. The molecule has 0 atom stereocenters. The quantitative estimate of drug-likeness (QED) is 0.884. The van der Waals surface area contributed by atoms with Crippen LogP contribution in [0.15, 0.2) is 24.3 Å². The Kier molecular flexibility index (Phi) is 5.08. The van der Waals surface area contributed by atoms with Crippen LogP contribution in [0.4, 0.5) is 5.69 Å². The molecule has 4 nitrogen and oxygen atoms in total. The van der Waals surface area contributed by atoms with E-state index in [0.29, 0.717) is 17.8 Å². The fourth-order valence-corrected chi connectivity index (χ4v) is 1.58. The number of benzene rings is 1. The van der Waals surface area contributed by atoms with Crippen LogP contribution in [0.3, 0.4) is 0 Å². The maximum Gasteiger partial charge on any atom is 0.238 e. The molecule has 0 aliphatic rings. The van der Waals surface area contributed by atoms with Crippen LogP contribution in [0, 0.1) is 11.3 Å². The second kappa shape index (κ2) is 6.35. The molecule has 0 saturated heterocycles. The van der Waals surface area contributed by atoms with E-state index in [-0.39, 0.29) is 11.4 Å². The van der Waals surface area contributed by atoms with Crippen LogP contribution in [-0.4, -0.2) is 29.9 Å². The van der Waals surface area contributed by atoms with Gasteiger partial charge in [-0.1, -0.05) is 19.1 Å². The van der Waals surface area contributed by atoms with Crippen molar-refractivity contribution in [2.45, 2.75) is 32.7 Å². The number of likely N-dealkylation sites (N-methyl/N-ethyl adjacent to an activating group) is 1. The van der Waals surface area contributed by atoms with Crippen molar-refractivity contribution in [2.75, 3.05) is 18.9 Å². The van der Waals surface area contributed by atoms with Gasteiger partial charge in [0.25, 0.3) is 0 Å². The van der Waals surface area contributed by atoms with Crippen LogP contribution < -0.4 is 5.32 Å². The van der Waals surface area contributed by atoms with Gasteiger partial charge < -0.3 is 5.32 Å².